The Hall–Kier alpha value is -1.89. The van der Waals surface area contributed by atoms with Crippen LogP contribution >= 0.6 is 11.3 Å². The lowest BCUT2D eigenvalue weighted by molar-refractivity contribution is 0.220. The van der Waals surface area contributed by atoms with Gasteiger partial charge in [0.2, 0.25) is 0 Å². The number of anilines is 1. The molecule has 0 radical (unpaired) electrons. The largest absolute Gasteiger partial charge is 0.323 e. The number of urea groups is 1. The first-order chi connectivity index (χ1) is 11.5. The molecule has 0 saturated heterocycles. The van der Waals surface area contributed by atoms with Gasteiger partial charge in [0, 0.05) is 24.4 Å². The highest BCUT2D eigenvalue weighted by Crippen LogP contribution is 2.40. The lowest BCUT2D eigenvalue weighted by atomic mass is 10.2. The summed E-state index contributed by atoms with van der Waals surface area (Å²) in [7, 11) is 1.79. The number of aromatic nitrogens is 3. The molecule has 6 nitrogen and oxygen atoms in total. The van der Waals surface area contributed by atoms with E-state index >= 15 is 0 Å². The molecule has 1 aliphatic rings. The van der Waals surface area contributed by atoms with Gasteiger partial charge in [-0.3, -0.25) is 5.32 Å². The molecule has 130 valence electrons. The summed E-state index contributed by atoms with van der Waals surface area (Å²) in [5.41, 5.74) is 0.932. The Morgan fingerprint density at radius 1 is 1.46 bits per heavy atom. The van der Waals surface area contributed by atoms with Gasteiger partial charge in [0.15, 0.2) is 0 Å². The number of nitrogens with one attached hydrogen (secondary N) is 1. The first kappa shape index (κ1) is 17.0. The van der Waals surface area contributed by atoms with Crippen molar-refractivity contribution in [1.82, 2.24) is 19.7 Å². The van der Waals surface area contributed by atoms with E-state index in [2.05, 4.69) is 36.2 Å². The molecule has 24 heavy (non-hydrogen) atoms. The molecular formula is C17H25N5OS. The summed E-state index contributed by atoms with van der Waals surface area (Å²) < 4.78 is 1.92. The van der Waals surface area contributed by atoms with Crippen molar-refractivity contribution in [3.05, 3.63) is 28.3 Å². The van der Waals surface area contributed by atoms with Gasteiger partial charge in [-0.2, -0.15) is 5.10 Å². The van der Waals surface area contributed by atoms with Gasteiger partial charge in [0.25, 0.3) is 0 Å². The Morgan fingerprint density at radius 2 is 2.21 bits per heavy atom. The number of rotatable bonds is 6. The van der Waals surface area contributed by atoms with Gasteiger partial charge in [0.05, 0.1) is 29.5 Å². The van der Waals surface area contributed by atoms with E-state index in [-0.39, 0.29) is 6.03 Å². The van der Waals surface area contributed by atoms with Crippen LogP contribution in [-0.4, -0.2) is 32.7 Å². The van der Waals surface area contributed by atoms with Crippen molar-refractivity contribution in [2.75, 3.05) is 12.4 Å². The van der Waals surface area contributed by atoms with Crippen LogP contribution in [0.4, 0.5) is 10.6 Å². The van der Waals surface area contributed by atoms with Crippen molar-refractivity contribution in [2.45, 2.75) is 52.1 Å². The standard InChI is InChI=1S/C17H25N5OS/c1-11(2)16-19-14(10-24-16)9-21(4)17(23)20-15-7-8-18-22(15)12(3)13-5-6-13/h7-8,10-13H,5-6,9H2,1-4H3,(H,20,23)/t12-/m0/s1. The quantitative estimate of drug-likeness (QED) is 0.856. The fourth-order valence-corrected chi connectivity index (χ4v) is 3.52. The average molecular weight is 347 g/mol. The van der Waals surface area contributed by atoms with Gasteiger partial charge in [-0.15, -0.1) is 11.3 Å². The zero-order valence-corrected chi connectivity index (χ0v) is 15.5. The molecule has 0 spiro atoms. The van der Waals surface area contributed by atoms with Crippen LogP contribution in [0.15, 0.2) is 17.6 Å². The van der Waals surface area contributed by atoms with E-state index in [4.69, 9.17) is 0 Å². The molecule has 2 aromatic heterocycles. The highest BCUT2D eigenvalue weighted by molar-refractivity contribution is 7.09. The zero-order chi connectivity index (χ0) is 17.3. The number of hydrogen-bond donors (Lipinski definition) is 1. The van der Waals surface area contributed by atoms with E-state index < -0.39 is 0 Å². The number of hydrogen-bond acceptors (Lipinski definition) is 4. The molecular weight excluding hydrogens is 322 g/mol. The molecule has 0 aromatic carbocycles. The van der Waals surface area contributed by atoms with Gasteiger partial charge in [-0.1, -0.05) is 13.8 Å². The molecule has 1 saturated carbocycles. The van der Waals surface area contributed by atoms with Crippen molar-refractivity contribution in [3.8, 4) is 0 Å². The minimum Gasteiger partial charge on any atom is -0.322 e. The van der Waals surface area contributed by atoms with Gasteiger partial charge >= 0.3 is 6.03 Å². The number of carbonyl (C=O) groups excluding carboxylic acids is 1. The van der Waals surface area contributed by atoms with Crippen molar-refractivity contribution in [2.24, 2.45) is 5.92 Å². The summed E-state index contributed by atoms with van der Waals surface area (Å²) in [5, 5.41) is 10.5. The minimum atomic E-state index is -0.140. The molecule has 0 bridgehead atoms. The van der Waals surface area contributed by atoms with E-state index in [1.165, 1.54) is 12.8 Å². The smallest absolute Gasteiger partial charge is 0.322 e. The minimum absolute atomic E-state index is 0.140. The zero-order valence-electron chi connectivity index (χ0n) is 14.7. The van der Waals surface area contributed by atoms with Gasteiger partial charge in [-0.05, 0) is 25.7 Å². The number of thiazole rings is 1. The Morgan fingerprint density at radius 3 is 2.83 bits per heavy atom. The summed E-state index contributed by atoms with van der Waals surface area (Å²) in [5.74, 6) is 1.86. The topological polar surface area (TPSA) is 63.1 Å². The second-order valence-electron chi connectivity index (χ2n) is 6.86. The van der Waals surface area contributed by atoms with Crippen molar-refractivity contribution in [3.63, 3.8) is 0 Å². The summed E-state index contributed by atoms with van der Waals surface area (Å²) in [4.78, 5) is 18.7. The molecule has 2 amide bonds. The van der Waals surface area contributed by atoms with Crippen molar-refractivity contribution < 1.29 is 4.79 Å². The third kappa shape index (κ3) is 3.77. The van der Waals surface area contributed by atoms with E-state index in [0.717, 1.165) is 16.5 Å². The second kappa shape index (κ2) is 6.93. The van der Waals surface area contributed by atoms with Crippen LogP contribution in [0.1, 0.15) is 56.3 Å². The van der Waals surface area contributed by atoms with E-state index in [9.17, 15) is 4.79 Å². The lowest BCUT2D eigenvalue weighted by Gasteiger charge is -2.19. The molecule has 0 aliphatic heterocycles. The summed E-state index contributed by atoms with van der Waals surface area (Å²) in [6.45, 7) is 6.91. The fraction of sp³-hybridized carbons (Fsp3) is 0.588. The third-order valence-corrected chi connectivity index (χ3v) is 5.60. The highest BCUT2D eigenvalue weighted by Gasteiger charge is 2.31. The molecule has 2 heterocycles. The Labute approximate surface area is 146 Å². The number of amides is 2. The maximum absolute atomic E-state index is 12.5. The third-order valence-electron chi connectivity index (χ3n) is 4.40. The molecule has 1 atom stereocenters. The predicted molar refractivity (Wildman–Crippen MR) is 96.4 cm³/mol. The van der Waals surface area contributed by atoms with Crippen LogP contribution < -0.4 is 5.32 Å². The molecule has 1 aliphatic carbocycles. The van der Waals surface area contributed by atoms with Crippen LogP contribution in [0.5, 0.6) is 0 Å². The lowest BCUT2D eigenvalue weighted by Crippen LogP contribution is -2.32. The summed E-state index contributed by atoms with van der Waals surface area (Å²) in [6, 6.07) is 2.04. The van der Waals surface area contributed by atoms with Gasteiger partial charge in [-0.25, -0.2) is 14.5 Å². The van der Waals surface area contributed by atoms with Crippen LogP contribution in [0.2, 0.25) is 0 Å². The van der Waals surface area contributed by atoms with Gasteiger partial charge in [0.1, 0.15) is 5.82 Å². The summed E-state index contributed by atoms with van der Waals surface area (Å²) >= 11 is 1.65. The molecule has 2 aromatic rings. The SMILES string of the molecule is CC(C)c1nc(CN(C)C(=O)Nc2ccnn2[C@@H](C)C2CC2)cs1. The van der Waals surface area contributed by atoms with Crippen molar-refractivity contribution in [1.29, 1.82) is 0 Å². The molecule has 3 rings (SSSR count). The molecule has 1 fully saturated rings. The number of carbonyl (C=O) groups is 1. The molecule has 7 heteroatoms. The van der Waals surface area contributed by atoms with E-state index in [1.54, 1.807) is 29.5 Å². The summed E-state index contributed by atoms with van der Waals surface area (Å²) in [6.07, 6.45) is 4.23. The molecule has 1 N–H and O–H groups in total. The Balaban J connectivity index is 1.61. The Kier molecular flexibility index (Phi) is 4.89. The van der Waals surface area contributed by atoms with E-state index in [0.29, 0.717) is 24.4 Å². The maximum Gasteiger partial charge on any atom is 0.323 e. The predicted octanol–water partition coefficient (Wildman–Crippen LogP) is 4.10. The first-order valence-electron chi connectivity index (χ1n) is 8.45. The maximum atomic E-state index is 12.5. The Bertz CT molecular complexity index is 703. The fourth-order valence-electron chi connectivity index (χ4n) is 2.70. The normalized spacial score (nSPS) is 15.5. The van der Waals surface area contributed by atoms with E-state index in [1.807, 2.05) is 16.1 Å². The second-order valence-corrected chi connectivity index (χ2v) is 7.75. The highest BCUT2D eigenvalue weighted by atomic mass is 32.1. The van der Waals surface area contributed by atoms with Crippen LogP contribution in [0.25, 0.3) is 0 Å². The first-order valence-corrected chi connectivity index (χ1v) is 9.33. The van der Waals surface area contributed by atoms with Crippen molar-refractivity contribution >= 4 is 23.2 Å². The van der Waals surface area contributed by atoms with Crippen LogP contribution in [0.3, 0.4) is 0 Å². The number of nitrogens with zero attached hydrogens (tertiary/aromatic N) is 4. The van der Waals surface area contributed by atoms with Crippen LogP contribution in [0, 0.1) is 5.92 Å². The van der Waals surface area contributed by atoms with Crippen LogP contribution in [-0.2, 0) is 6.54 Å². The average Bonchev–Trinajstić information content (AvgIpc) is 3.11. The molecule has 0 unspecified atom stereocenters. The monoisotopic (exact) mass is 347 g/mol. The van der Waals surface area contributed by atoms with Gasteiger partial charge < -0.3 is 4.90 Å².